The van der Waals surface area contributed by atoms with E-state index in [9.17, 15) is 0 Å². The van der Waals surface area contributed by atoms with Crippen molar-refractivity contribution in [1.82, 2.24) is 10.6 Å². The molecular formula is C18H28IN3O3. The molecule has 0 radical (unpaired) electrons. The number of aryl methyl sites for hydroxylation is 1. The molecule has 1 heterocycles. The highest BCUT2D eigenvalue weighted by Gasteiger charge is 2.10. The van der Waals surface area contributed by atoms with Gasteiger partial charge in [0.15, 0.2) is 5.96 Å². The van der Waals surface area contributed by atoms with Gasteiger partial charge >= 0.3 is 0 Å². The van der Waals surface area contributed by atoms with Gasteiger partial charge in [-0.25, -0.2) is 0 Å². The molecule has 0 saturated heterocycles. The van der Waals surface area contributed by atoms with E-state index in [1.807, 2.05) is 18.2 Å². The molecule has 140 valence electrons. The van der Waals surface area contributed by atoms with Crippen molar-refractivity contribution in [2.75, 3.05) is 40.5 Å². The van der Waals surface area contributed by atoms with Gasteiger partial charge in [0.25, 0.3) is 0 Å². The number of fused-ring (bicyclic) bond motifs is 1. The molecule has 0 amide bonds. The molecule has 2 aromatic rings. The maximum atomic E-state index is 5.90. The number of rotatable bonds is 9. The van der Waals surface area contributed by atoms with Crippen LogP contribution in [0.1, 0.15) is 17.7 Å². The van der Waals surface area contributed by atoms with E-state index in [2.05, 4.69) is 28.6 Å². The first-order valence-electron chi connectivity index (χ1n) is 8.24. The van der Waals surface area contributed by atoms with E-state index in [-0.39, 0.29) is 24.0 Å². The molecule has 2 rings (SSSR count). The van der Waals surface area contributed by atoms with E-state index in [4.69, 9.17) is 13.9 Å². The largest absolute Gasteiger partial charge is 0.459 e. The van der Waals surface area contributed by atoms with Gasteiger partial charge in [0.1, 0.15) is 11.3 Å². The number of hydrogen-bond donors (Lipinski definition) is 2. The van der Waals surface area contributed by atoms with Crippen molar-refractivity contribution in [1.29, 1.82) is 0 Å². The zero-order chi connectivity index (χ0) is 17.2. The first-order chi connectivity index (χ1) is 11.8. The van der Waals surface area contributed by atoms with Crippen molar-refractivity contribution in [2.24, 2.45) is 4.99 Å². The number of aliphatic imine (C=N–C) groups is 1. The Labute approximate surface area is 166 Å². The molecule has 6 nitrogen and oxygen atoms in total. The Hall–Kier alpha value is -1.32. The molecule has 0 aliphatic carbocycles. The molecule has 1 aromatic carbocycles. The molecular weight excluding hydrogens is 433 g/mol. The summed E-state index contributed by atoms with van der Waals surface area (Å²) in [6.45, 7) is 5.45. The minimum Gasteiger partial charge on any atom is -0.459 e. The fraction of sp³-hybridized carbons (Fsp3) is 0.500. The lowest BCUT2D eigenvalue weighted by atomic mass is 10.1. The summed E-state index contributed by atoms with van der Waals surface area (Å²) in [6, 6.07) is 8.08. The van der Waals surface area contributed by atoms with Crippen molar-refractivity contribution in [3.63, 3.8) is 0 Å². The van der Waals surface area contributed by atoms with Gasteiger partial charge in [-0.05, 0) is 19.4 Å². The van der Waals surface area contributed by atoms with Gasteiger partial charge in [-0.1, -0.05) is 18.2 Å². The highest BCUT2D eigenvalue weighted by Crippen LogP contribution is 2.24. The number of hydrogen-bond acceptors (Lipinski definition) is 4. The van der Waals surface area contributed by atoms with Crippen molar-refractivity contribution in [3.8, 4) is 0 Å². The monoisotopic (exact) mass is 461 g/mol. The van der Waals surface area contributed by atoms with Crippen LogP contribution >= 0.6 is 24.0 Å². The molecule has 0 aliphatic heterocycles. The SMILES string of the molecule is CN=C(NCCCOCCOC)NCc1oc2ccccc2c1C.I. The normalized spacial score (nSPS) is 11.4. The highest BCUT2D eigenvalue weighted by molar-refractivity contribution is 14.0. The molecule has 2 N–H and O–H groups in total. The summed E-state index contributed by atoms with van der Waals surface area (Å²) in [5, 5.41) is 7.71. The van der Waals surface area contributed by atoms with Crippen LogP contribution in [0, 0.1) is 6.92 Å². The van der Waals surface area contributed by atoms with Gasteiger partial charge in [-0.15, -0.1) is 24.0 Å². The number of para-hydroxylation sites is 1. The second-order valence-electron chi connectivity index (χ2n) is 5.46. The van der Waals surface area contributed by atoms with Crippen LogP contribution in [0.4, 0.5) is 0 Å². The number of nitrogens with one attached hydrogen (secondary N) is 2. The molecule has 0 bridgehead atoms. The number of nitrogens with zero attached hydrogens (tertiary/aromatic N) is 1. The van der Waals surface area contributed by atoms with Crippen LogP contribution < -0.4 is 10.6 Å². The third-order valence-corrected chi connectivity index (χ3v) is 3.77. The molecule has 0 fully saturated rings. The van der Waals surface area contributed by atoms with E-state index in [1.165, 1.54) is 5.56 Å². The number of benzene rings is 1. The second kappa shape index (κ2) is 12.1. The lowest BCUT2D eigenvalue weighted by molar-refractivity contribution is 0.0698. The predicted molar refractivity (Wildman–Crippen MR) is 112 cm³/mol. The molecule has 25 heavy (non-hydrogen) atoms. The summed E-state index contributed by atoms with van der Waals surface area (Å²) >= 11 is 0. The van der Waals surface area contributed by atoms with Crippen molar-refractivity contribution in [3.05, 3.63) is 35.6 Å². The average molecular weight is 461 g/mol. The standard InChI is InChI=1S/C18H27N3O3.HI/c1-14-15-7-4-5-8-16(15)24-17(14)13-21-18(19-2)20-9-6-10-23-12-11-22-3;/h4-5,7-8H,6,9-13H2,1-3H3,(H2,19,20,21);1H. The number of methoxy groups -OCH3 is 1. The first kappa shape index (κ1) is 21.7. The zero-order valence-electron chi connectivity index (χ0n) is 15.1. The van der Waals surface area contributed by atoms with E-state index in [1.54, 1.807) is 14.2 Å². The summed E-state index contributed by atoms with van der Waals surface area (Å²) in [5.74, 6) is 1.69. The lowest BCUT2D eigenvalue weighted by Gasteiger charge is -2.11. The topological polar surface area (TPSA) is 68.0 Å². The summed E-state index contributed by atoms with van der Waals surface area (Å²) in [4.78, 5) is 4.23. The van der Waals surface area contributed by atoms with Gasteiger partial charge in [-0.3, -0.25) is 4.99 Å². The average Bonchev–Trinajstić information content (AvgIpc) is 2.93. The minimum atomic E-state index is 0. The van der Waals surface area contributed by atoms with Crippen LogP contribution in [0.3, 0.4) is 0 Å². The summed E-state index contributed by atoms with van der Waals surface area (Å²) in [6.07, 6.45) is 0.911. The van der Waals surface area contributed by atoms with E-state index in [0.29, 0.717) is 26.4 Å². The van der Waals surface area contributed by atoms with Crippen molar-refractivity contribution < 1.29 is 13.9 Å². The number of ether oxygens (including phenoxy) is 2. The third-order valence-electron chi connectivity index (χ3n) is 3.77. The smallest absolute Gasteiger partial charge is 0.191 e. The van der Waals surface area contributed by atoms with Gasteiger partial charge in [0.05, 0.1) is 19.8 Å². The van der Waals surface area contributed by atoms with E-state index >= 15 is 0 Å². The Morgan fingerprint density at radius 1 is 1.16 bits per heavy atom. The second-order valence-corrected chi connectivity index (χ2v) is 5.46. The molecule has 0 atom stereocenters. The van der Waals surface area contributed by atoms with Crippen LogP contribution in [-0.4, -0.2) is 46.5 Å². The lowest BCUT2D eigenvalue weighted by Crippen LogP contribution is -2.37. The molecule has 0 aliphatic rings. The minimum absolute atomic E-state index is 0. The predicted octanol–water partition coefficient (Wildman–Crippen LogP) is 3.08. The third kappa shape index (κ3) is 6.83. The summed E-state index contributed by atoms with van der Waals surface area (Å²) in [5.41, 5.74) is 2.09. The molecule has 7 heteroatoms. The highest BCUT2D eigenvalue weighted by atomic mass is 127. The van der Waals surface area contributed by atoms with E-state index < -0.39 is 0 Å². The van der Waals surface area contributed by atoms with Crippen LogP contribution in [0.15, 0.2) is 33.7 Å². The van der Waals surface area contributed by atoms with Crippen LogP contribution in [-0.2, 0) is 16.0 Å². The van der Waals surface area contributed by atoms with Gasteiger partial charge in [-0.2, -0.15) is 0 Å². The van der Waals surface area contributed by atoms with Gasteiger partial charge in [0, 0.05) is 38.3 Å². The van der Waals surface area contributed by atoms with E-state index in [0.717, 1.165) is 35.7 Å². The Bertz CT molecular complexity index is 658. The summed E-state index contributed by atoms with van der Waals surface area (Å²) < 4.78 is 16.3. The van der Waals surface area contributed by atoms with Crippen molar-refractivity contribution >= 4 is 40.9 Å². The Morgan fingerprint density at radius 3 is 2.68 bits per heavy atom. The van der Waals surface area contributed by atoms with Crippen LogP contribution in [0.25, 0.3) is 11.0 Å². The number of guanidine groups is 1. The first-order valence-corrected chi connectivity index (χ1v) is 8.24. The molecule has 0 spiro atoms. The van der Waals surface area contributed by atoms with Crippen LogP contribution in [0.5, 0.6) is 0 Å². The van der Waals surface area contributed by atoms with Gasteiger partial charge < -0.3 is 24.5 Å². The maximum Gasteiger partial charge on any atom is 0.191 e. The molecule has 0 unspecified atom stereocenters. The quantitative estimate of drug-likeness (QED) is 0.260. The van der Waals surface area contributed by atoms with Crippen LogP contribution in [0.2, 0.25) is 0 Å². The number of furan rings is 1. The number of halogens is 1. The fourth-order valence-electron chi connectivity index (χ4n) is 2.40. The Balaban J connectivity index is 0.00000312. The maximum absolute atomic E-state index is 5.90. The molecule has 1 aromatic heterocycles. The molecule has 0 saturated carbocycles. The summed E-state index contributed by atoms with van der Waals surface area (Å²) in [7, 11) is 3.43. The Morgan fingerprint density at radius 2 is 1.96 bits per heavy atom. The van der Waals surface area contributed by atoms with Gasteiger partial charge in [0.2, 0.25) is 0 Å². The zero-order valence-corrected chi connectivity index (χ0v) is 17.5. The Kier molecular flexibility index (Phi) is 10.5. The van der Waals surface area contributed by atoms with Crippen molar-refractivity contribution in [2.45, 2.75) is 19.9 Å². The fourth-order valence-corrected chi connectivity index (χ4v) is 2.40.